The summed E-state index contributed by atoms with van der Waals surface area (Å²) in [5, 5.41) is 0. The Bertz CT molecular complexity index is 557. The van der Waals surface area contributed by atoms with E-state index in [9.17, 15) is 4.79 Å². The van der Waals surface area contributed by atoms with Crippen molar-refractivity contribution in [2.75, 3.05) is 31.7 Å². The molecule has 1 saturated heterocycles. The number of morpholine rings is 1. The van der Waals surface area contributed by atoms with E-state index in [1.807, 2.05) is 13.0 Å². The lowest BCUT2D eigenvalue weighted by Gasteiger charge is -2.34. The largest absolute Gasteiger partial charge is 0.426 e. The quantitative estimate of drug-likeness (QED) is 0.625. The number of rotatable bonds is 3. The van der Waals surface area contributed by atoms with Gasteiger partial charge in [-0.1, -0.05) is 0 Å². The molecule has 0 amide bonds. The lowest BCUT2D eigenvalue weighted by Crippen LogP contribution is -2.44. The normalized spacial score (nSPS) is 19.0. The van der Waals surface area contributed by atoms with Crippen LogP contribution in [0.4, 0.5) is 5.82 Å². The Morgan fingerprint density at radius 1 is 1.62 bits per heavy atom. The van der Waals surface area contributed by atoms with Crippen LogP contribution in [0.2, 0.25) is 0 Å². The molecule has 2 heterocycles. The van der Waals surface area contributed by atoms with E-state index in [0.717, 1.165) is 17.9 Å². The van der Waals surface area contributed by atoms with Crippen LogP contribution in [-0.4, -0.2) is 50.0 Å². The fraction of sp³-hybridized carbons (Fsp3) is 0.533. The molecular weight excluding hydrogens is 270 g/mol. The first kappa shape index (κ1) is 15.4. The number of anilines is 1. The molecule has 1 aliphatic rings. The molecule has 0 spiro atoms. The molecule has 0 aromatic carbocycles. The van der Waals surface area contributed by atoms with Crippen molar-refractivity contribution in [3.8, 4) is 5.75 Å². The number of carbonyl (C=O) groups excluding carboxylic acids is 1. The SMILES string of the molecule is C/N=C\c1nc(N2CCOC[C@H]2C)cc(OC(C)=O)c1C. The third-order valence-electron chi connectivity index (χ3n) is 3.42. The second-order valence-corrected chi connectivity index (χ2v) is 5.09. The monoisotopic (exact) mass is 291 g/mol. The number of ether oxygens (including phenoxy) is 2. The number of hydrogen-bond donors (Lipinski definition) is 0. The molecule has 0 radical (unpaired) electrons. The van der Waals surface area contributed by atoms with Gasteiger partial charge in [-0.15, -0.1) is 0 Å². The van der Waals surface area contributed by atoms with Gasteiger partial charge in [0.05, 0.1) is 24.9 Å². The van der Waals surface area contributed by atoms with Gasteiger partial charge in [0, 0.05) is 38.4 Å². The van der Waals surface area contributed by atoms with Crippen LogP contribution in [0, 0.1) is 6.92 Å². The standard InChI is InChI=1S/C15H21N3O3/c1-10-9-20-6-5-18(10)15-7-14(21-12(3)19)11(2)13(17-15)8-16-4/h7-8,10H,5-6,9H2,1-4H3/b16-8-/t10-/m1/s1. The summed E-state index contributed by atoms with van der Waals surface area (Å²) in [5.74, 6) is 0.966. The summed E-state index contributed by atoms with van der Waals surface area (Å²) in [6.07, 6.45) is 1.68. The van der Waals surface area contributed by atoms with Crippen LogP contribution >= 0.6 is 0 Å². The van der Waals surface area contributed by atoms with Gasteiger partial charge in [0.2, 0.25) is 0 Å². The summed E-state index contributed by atoms with van der Waals surface area (Å²) < 4.78 is 10.7. The average Bonchev–Trinajstić information content (AvgIpc) is 2.43. The number of nitrogens with zero attached hydrogens (tertiary/aromatic N) is 3. The lowest BCUT2D eigenvalue weighted by atomic mass is 10.1. The maximum Gasteiger partial charge on any atom is 0.308 e. The Morgan fingerprint density at radius 3 is 3.00 bits per heavy atom. The zero-order valence-corrected chi connectivity index (χ0v) is 12.9. The van der Waals surface area contributed by atoms with E-state index in [4.69, 9.17) is 9.47 Å². The highest BCUT2D eigenvalue weighted by Gasteiger charge is 2.22. The fourth-order valence-corrected chi connectivity index (χ4v) is 2.31. The number of aromatic nitrogens is 1. The Morgan fingerprint density at radius 2 is 2.38 bits per heavy atom. The van der Waals surface area contributed by atoms with Gasteiger partial charge in [-0.05, 0) is 13.8 Å². The van der Waals surface area contributed by atoms with Gasteiger partial charge in [0.15, 0.2) is 0 Å². The van der Waals surface area contributed by atoms with Crippen LogP contribution in [0.25, 0.3) is 0 Å². The molecule has 1 aromatic heterocycles. The van der Waals surface area contributed by atoms with E-state index >= 15 is 0 Å². The smallest absolute Gasteiger partial charge is 0.308 e. The molecule has 0 unspecified atom stereocenters. The van der Waals surface area contributed by atoms with E-state index in [1.165, 1.54) is 6.92 Å². The summed E-state index contributed by atoms with van der Waals surface area (Å²) in [4.78, 5) is 22.1. The first-order valence-electron chi connectivity index (χ1n) is 6.99. The molecule has 0 saturated carbocycles. The molecule has 6 nitrogen and oxygen atoms in total. The van der Waals surface area contributed by atoms with Crippen molar-refractivity contribution >= 4 is 18.0 Å². The van der Waals surface area contributed by atoms with Crippen LogP contribution < -0.4 is 9.64 Å². The summed E-state index contributed by atoms with van der Waals surface area (Å²) in [7, 11) is 1.69. The van der Waals surface area contributed by atoms with Gasteiger partial charge in [-0.25, -0.2) is 4.98 Å². The second kappa shape index (κ2) is 6.67. The summed E-state index contributed by atoms with van der Waals surface area (Å²) >= 11 is 0. The van der Waals surface area contributed by atoms with E-state index in [0.29, 0.717) is 24.7 Å². The molecule has 21 heavy (non-hydrogen) atoms. The van der Waals surface area contributed by atoms with Gasteiger partial charge < -0.3 is 14.4 Å². The second-order valence-electron chi connectivity index (χ2n) is 5.09. The van der Waals surface area contributed by atoms with Crippen molar-refractivity contribution in [1.29, 1.82) is 0 Å². The zero-order valence-electron chi connectivity index (χ0n) is 12.9. The van der Waals surface area contributed by atoms with Crippen LogP contribution in [0.15, 0.2) is 11.1 Å². The number of hydrogen-bond acceptors (Lipinski definition) is 6. The topological polar surface area (TPSA) is 64.0 Å². The first-order valence-corrected chi connectivity index (χ1v) is 6.99. The molecule has 1 aromatic rings. The predicted molar refractivity (Wildman–Crippen MR) is 81.4 cm³/mol. The van der Waals surface area contributed by atoms with Crippen molar-refractivity contribution in [3.63, 3.8) is 0 Å². The van der Waals surface area contributed by atoms with Gasteiger partial charge in [0.25, 0.3) is 0 Å². The highest BCUT2D eigenvalue weighted by molar-refractivity contribution is 5.82. The predicted octanol–water partition coefficient (Wildman–Crippen LogP) is 1.59. The molecular formula is C15H21N3O3. The maximum atomic E-state index is 11.3. The molecule has 1 atom stereocenters. The van der Waals surface area contributed by atoms with Crippen LogP contribution in [0.1, 0.15) is 25.1 Å². The van der Waals surface area contributed by atoms with Crippen LogP contribution in [-0.2, 0) is 9.53 Å². The van der Waals surface area contributed by atoms with E-state index in [2.05, 4.69) is 21.8 Å². The molecule has 1 fully saturated rings. The molecule has 0 bridgehead atoms. The number of pyridine rings is 1. The Balaban J connectivity index is 2.44. The van der Waals surface area contributed by atoms with Crippen molar-refractivity contribution in [3.05, 3.63) is 17.3 Å². The highest BCUT2D eigenvalue weighted by Crippen LogP contribution is 2.27. The van der Waals surface area contributed by atoms with Gasteiger partial charge >= 0.3 is 5.97 Å². The molecule has 0 N–H and O–H groups in total. The van der Waals surface area contributed by atoms with E-state index in [1.54, 1.807) is 13.3 Å². The van der Waals surface area contributed by atoms with Crippen molar-refractivity contribution < 1.29 is 14.3 Å². The van der Waals surface area contributed by atoms with Crippen molar-refractivity contribution in [2.24, 2.45) is 4.99 Å². The summed E-state index contributed by atoms with van der Waals surface area (Å²) in [5.41, 5.74) is 1.52. The minimum absolute atomic E-state index is 0.227. The minimum atomic E-state index is -0.343. The molecule has 1 aliphatic heterocycles. The Kier molecular flexibility index (Phi) is 4.90. The lowest BCUT2D eigenvalue weighted by molar-refractivity contribution is -0.131. The van der Waals surface area contributed by atoms with E-state index in [-0.39, 0.29) is 12.0 Å². The third kappa shape index (κ3) is 3.58. The molecule has 2 rings (SSSR count). The fourth-order valence-electron chi connectivity index (χ4n) is 2.31. The van der Waals surface area contributed by atoms with E-state index < -0.39 is 0 Å². The summed E-state index contributed by atoms with van der Waals surface area (Å²) in [6, 6.07) is 2.04. The number of esters is 1. The van der Waals surface area contributed by atoms with Crippen LogP contribution in [0.3, 0.4) is 0 Å². The van der Waals surface area contributed by atoms with Gasteiger partial charge in [-0.3, -0.25) is 9.79 Å². The average molecular weight is 291 g/mol. The number of carbonyl (C=O) groups is 1. The van der Waals surface area contributed by atoms with Gasteiger partial charge in [0.1, 0.15) is 11.6 Å². The van der Waals surface area contributed by atoms with Gasteiger partial charge in [-0.2, -0.15) is 0 Å². The molecule has 6 heteroatoms. The summed E-state index contributed by atoms with van der Waals surface area (Å²) in [6.45, 7) is 7.44. The zero-order chi connectivity index (χ0) is 15.4. The minimum Gasteiger partial charge on any atom is -0.426 e. The highest BCUT2D eigenvalue weighted by atomic mass is 16.5. The molecule has 0 aliphatic carbocycles. The third-order valence-corrected chi connectivity index (χ3v) is 3.42. The Labute approximate surface area is 124 Å². The van der Waals surface area contributed by atoms with Crippen molar-refractivity contribution in [1.82, 2.24) is 4.98 Å². The maximum absolute atomic E-state index is 11.3. The van der Waals surface area contributed by atoms with Crippen LogP contribution in [0.5, 0.6) is 5.75 Å². The first-order chi connectivity index (χ1) is 10.0. The Hall–Kier alpha value is -1.95. The van der Waals surface area contributed by atoms with Crippen molar-refractivity contribution in [2.45, 2.75) is 26.8 Å². The molecule has 114 valence electrons. The number of aliphatic imine (C=N–C) groups is 1.